The number of nitrogens with one attached hydrogen (secondary N) is 2. The highest BCUT2D eigenvalue weighted by molar-refractivity contribution is 6.42. The number of aromatic amines is 1. The van der Waals surface area contributed by atoms with Crippen molar-refractivity contribution in [1.82, 2.24) is 20.1 Å². The maximum Gasteiger partial charge on any atom is 0.153 e. The Morgan fingerprint density at radius 1 is 1.22 bits per heavy atom. The molecule has 3 aromatic rings. The number of hydrogen-bond acceptors (Lipinski definition) is 4. The number of likely N-dealkylation sites (tertiary alicyclic amines) is 1. The number of pyridine rings is 1. The highest BCUT2D eigenvalue weighted by Crippen LogP contribution is 2.29. The molecule has 0 bridgehead atoms. The predicted octanol–water partition coefficient (Wildman–Crippen LogP) is 6.19. The first-order valence-corrected chi connectivity index (χ1v) is 11.8. The van der Waals surface area contributed by atoms with Crippen molar-refractivity contribution in [2.75, 3.05) is 18.4 Å². The van der Waals surface area contributed by atoms with E-state index in [9.17, 15) is 4.39 Å². The third kappa shape index (κ3) is 5.61. The zero-order valence-corrected chi connectivity index (χ0v) is 19.8. The van der Waals surface area contributed by atoms with E-state index in [1.807, 2.05) is 31.2 Å². The molecular weight excluding hydrogens is 448 g/mol. The molecule has 32 heavy (non-hydrogen) atoms. The lowest BCUT2D eigenvalue weighted by Crippen LogP contribution is -2.42. The first-order chi connectivity index (χ1) is 15.4. The van der Waals surface area contributed by atoms with Crippen LogP contribution in [0.15, 0.2) is 36.4 Å². The zero-order chi connectivity index (χ0) is 22.7. The van der Waals surface area contributed by atoms with E-state index in [0.29, 0.717) is 45.8 Å². The van der Waals surface area contributed by atoms with E-state index in [2.05, 4.69) is 32.3 Å². The van der Waals surface area contributed by atoms with Crippen molar-refractivity contribution in [3.63, 3.8) is 0 Å². The molecule has 0 saturated carbocycles. The van der Waals surface area contributed by atoms with Gasteiger partial charge in [0.05, 0.1) is 15.7 Å². The maximum atomic E-state index is 14.5. The second kappa shape index (κ2) is 10.2. The molecular formula is C24H28Cl2FN5. The van der Waals surface area contributed by atoms with Crippen LogP contribution in [-0.2, 0) is 12.8 Å². The molecule has 3 heterocycles. The van der Waals surface area contributed by atoms with E-state index in [1.54, 1.807) is 6.07 Å². The molecule has 1 saturated heterocycles. The minimum absolute atomic E-state index is 0.251. The van der Waals surface area contributed by atoms with Crippen molar-refractivity contribution in [1.29, 1.82) is 0 Å². The van der Waals surface area contributed by atoms with E-state index in [4.69, 9.17) is 23.2 Å². The summed E-state index contributed by atoms with van der Waals surface area (Å²) in [6.45, 7) is 6.09. The molecule has 5 nitrogen and oxygen atoms in total. The van der Waals surface area contributed by atoms with Crippen LogP contribution in [0.2, 0.25) is 10.0 Å². The number of anilines is 2. The number of piperidine rings is 1. The topological polar surface area (TPSA) is 56.8 Å². The van der Waals surface area contributed by atoms with Gasteiger partial charge in [-0.1, -0.05) is 35.3 Å². The fourth-order valence-corrected chi connectivity index (χ4v) is 4.84. The van der Waals surface area contributed by atoms with Crippen LogP contribution in [0.1, 0.15) is 36.7 Å². The number of rotatable bonds is 7. The van der Waals surface area contributed by atoms with Gasteiger partial charge in [0.2, 0.25) is 0 Å². The third-order valence-corrected chi connectivity index (χ3v) is 7.04. The second-order valence-electron chi connectivity index (χ2n) is 8.63. The van der Waals surface area contributed by atoms with Crippen molar-refractivity contribution in [2.24, 2.45) is 5.92 Å². The van der Waals surface area contributed by atoms with Crippen LogP contribution in [0.5, 0.6) is 0 Å². The summed E-state index contributed by atoms with van der Waals surface area (Å²) in [4.78, 5) is 7.01. The molecule has 4 rings (SSSR count). The minimum Gasteiger partial charge on any atom is -0.323 e. The summed E-state index contributed by atoms with van der Waals surface area (Å²) in [5.74, 6) is 1.44. The molecule has 1 aliphatic heterocycles. The summed E-state index contributed by atoms with van der Waals surface area (Å²) in [7, 11) is 0. The number of H-pyrrole nitrogens is 1. The smallest absolute Gasteiger partial charge is 0.153 e. The molecule has 0 amide bonds. The molecule has 0 spiro atoms. The van der Waals surface area contributed by atoms with E-state index < -0.39 is 0 Å². The van der Waals surface area contributed by atoms with Crippen molar-refractivity contribution in [3.8, 4) is 0 Å². The van der Waals surface area contributed by atoms with Crippen LogP contribution < -0.4 is 5.32 Å². The Balaban J connectivity index is 1.33. The Kier molecular flexibility index (Phi) is 7.33. The van der Waals surface area contributed by atoms with Gasteiger partial charge in [-0.25, -0.2) is 9.37 Å². The Morgan fingerprint density at radius 3 is 2.81 bits per heavy atom. The number of benzene rings is 1. The van der Waals surface area contributed by atoms with Crippen LogP contribution in [0.25, 0.3) is 0 Å². The van der Waals surface area contributed by atoms with Gasteiger partial charge in [-0.2, -0.15) is 5.10 Å². The SMILES string of the molecule is Cc1cc(Nc2ccc(F)c(C[C@@H]3CCN(CCc4cccc(Cl)c4Cl)[C@H](C)C3)n2)n[nH]1. The van der Waals surface area contributed by atoms with Gasteiger partial charge in [0.1, 0.15) is 11.6 Å². The highest BCUT2D eigenvalue weighted by atomic mass is 35.5. The normalized spacial score (nSPS) is 19.3. The van der Waals surface area contributed by atoms with Crippen molar-refractivity contribution >= 4 is 34.8 Å². The summed E-state index contributed by atoms with van der Waals surface area (Å²) in [6.07, 6.45) is 3.54. The largest absolute Gasteiger partial charge is 0.323 e. The molecule has 1 fully saturated rings. The standard InChI is InChI=1S/C24H28Cl2FN5/c1-15-12-23(31-30-15)29-22-7-6-20(27)21(28-22)14-17-8-10-32(16(2)13-17)11-9-18-4-3-5-19(25)24(18)26/h3-7,12,16-17H,8-11,13-14H2,1-2H3,(H2,28,29,30,31)/t16-,17-/m1/s1. The van der Waals surface area contributed by atoms with Gasteiger partial charge in [-0.3, -0.25) is 5.10 Å². The fourth-order valence-electron chi connectivity index (χ4n) is 4.43. The van der Waals surface area contributed by atoms with Gasteiger partial charge in [-0.05, 0) is 75.8 Å². The van der Waals surface area contributed by atoms with Gasteiger partial charge in [0.25, 0.3) is 0 Å². The Labute approximate surface area is 198 Å². The molecule has 0 aliphatic carbocycles. The Morgan fingerprint density at radius 2 is 2.06 bits per heavy atom. The van der Waals surface area contributed by atoms with E-state index in [0.717, 1.165) is 43.6 Å². The molecule has 0 radical (unpaired) electrons. The summed E-state index contributed by atoms with van der Waals surface area (Å²) < 4.78 is 14.5. The monoisotopic (exact) mass is 475 g/mol. The Hall–Kier alpha value is -2.15. The van der Waals surface area contributed by atoms with Gasteiger partial charge in [-0.15, -0.1) is 0 Å². The second-order valence-corrected chi connectivity index (χ2v) is 9.41. The molecule has 1 aromatic carbocycles. The van der Waals surface area contributed by atoms with Crippen molar-refractivity contribution < 1.29 is 4.39 Å². The van der Waals surface area contributed by atoms with Crippen LogP contribution in [-0.4, -0.2) is 39.2 Å². The summed E-state index contributed by atoms with van der Waals surface area (Å²) >= 11 is 12.5. The lowest BCUT2D eigenvalue weighted by atomic mass is 9.87. The van der Waals surface area contributed by atoms with Crippen LogP contribution in [0.4, 0.5) is 16.0 Å². The molecule has 2 atom stereocenters. The first kappa shape index (κ1) is 23.0. The number of nitrogens with zero attached hydrogens (tertiary/aromatic N) is 3. The highest BCUT2D eigenvalue weighted by Gasteiger charge is 2.26. The number of hydrogen-bond donors (Lipinski definition) is 2. The summed E-state index contributed by atoms with van der Waals surface area (Å²) in [6, 6.07) is 11.2. The predicted molar refractivity (Wildman–Crippen MR) is 128 cm³/mol. The average Bonchev–Trinajstić information content (AvgIpc) is 3.17. The van der Waals surface area contributed by atoms with Gasteiger partial charge >= 0.3 is 0 Å². The molecule has 0 unspecified atom stereocenters. The van der Waals surface area contributed by atoms with Crippen LogP contribution >= 0.6 is 23.2 Å². The summed E-state index contributed by atoms with van der Waals surface area (Å²) in [5.41, 5.74) is 2.54. The van der Waals surface area contributed by atoms with E-state index >= 15 is 0 Å². The maximum absolute atomic E-state index is 14.5. The molecule has 1 aliphatic rings. The van der Waals surface area contributed by atoms with E-state index in [-0.39, 0.29) is 5.82 Å². The van der Waals surface area contributed by atoms with Crippen LogP contribution in [0.3, 0.4) is 0 Å². The van der Waals surface area contributed by atoms with Crippen LogP contribution in [0, 0.1) is 18.7 Å². The number of aromatic nitrogens is 3. The fraction of sp³-hybridized carbons (Fsp3) is 0.417. The summed E-state index contributed by atoms with van der Waals surface area (Å²) in [5, 5.41) is 11.4. The number of aryl methyl sites for hydroxylation is 1. The van der Waals surface area contributed by atoms with Crippen molar-refractivity contribution in [3.05, 3.63) is 69.2 Å². The average molecular weight is 476 g/mol. The minimum atomic E-state index is -0.251. The quantitative estimate of drug-likeness (QED) is 0.427. The molecule has 2 N–H and O–H groups in total. The van der Waals surface area contributed by atoms with Gasteiger partial charge in [0.15, 0.2) is 5.82 Å². The van der Waals surface area contributed by atoms with Crippen molar-refractivity contribution in [2.45, 2.75) is 45.6 Å². The lowest BCUT2D eigenvalue weighted by Gasteiger charge is -2.37. The van der Waals surface area contributed by atoms with Gasteiger partial charge in [0, 0.05) is 24.3 Å². The molecule has 2 aromatic heterocycles. The Bertz CT molecular complexity index is 1070. The zero-order valence-electron chi connectivity index (χ0n) is 18.3. The first-order valence-electron chi connectivity index (χ1n) is 11.0. The lowest BCUT2D eigenvalue weighted by molar-refractivity contribution is 0.123. The molecule has 8 heteroatoms. The number of halogens is 3. The van der Waals surface area contributed by atoms with Gasteiger partial charge < -0.3 is 10.2 Å². The van der Waals surface area contributed by atoms with E-state index in [1.165, 1.54) is 6.07 Å². The molecule has 170 valence electrons. The third-order valence-electron chi connectivity index (χ3n) is 6.19.